The molecule has 0 amide bonds. The number of ether oxygens (including phenoxy) is 1. The summed E-state index contributed by atoms with van der Waals surface area (Å²) < 4.78 is 5.18. The molecular weight excluding hydrogens is 312 g/mol. The van der Waals surface area contributed by atoms with Gasteiger partial charge in [0.15, 0.2) is 0 Å². The van der Waals surface area contributed by atoms with Gasteiger partial charge in [-0.15, -0.1) is 0 Å². The second kappa shape index (κ2) is 6.50. The number of rotatable bonds is 4. The molecule has 0 radical (unpaired) electrons. The molecule has 23 heavy (non-hydrogen) atoms. The van der Waals surface area contributed by atoms with Gasteiger partial charge in [0.2, 0.25) is 0 Å². The molecule has 1 atom stereocenters. The zero-order valence-electron chi connectivity index (χ0n) is 12.7. The number of fused-ring (bicyclic) bond motifs is 1. The predicted molar refractivity (Wildman–Crippen MR) is 91.5 cm³/mol. The predicted octanol–water partition coefficient (Wildman–Crippen LogP) is 2.80. The summed E-state index contributed by atoms with van der Waals surface area (Å²) in [6, 6.07) is 12.8. The highest BCUT2D eigenvalue weighted by molar-refractivity contribution is 6.32. The van der Waals surface area contributed by atoms with E-state index in [1.165, 1.54) is 0 Å². The molecule has 0 aliphatic carbocycles. The molecule has 4 N–H and O–H groups in total. The number of nitrogens with zero attached hydrogens (tertiary/aromatic N) is 2. The van der Waals surface area contributed by atoms with Crippen LogP contribution in [-0.4, -0.2) is 17.1 Å². The first-order valence-corrected chi connectivity index (χ1v) is 7.56. The first kappa shape index (κ1) is 15.7. The van der Waals surface area contributed by atoms with Gasteiger partial charge in [0, 0.05) is 5.39 Å². The van der Waals surface area contributed by atoms with E-state index >= 15 is 0 Å². The summed E-state index contributed by atoms with van der Waals surface area (Å²) in [5.41, 5.74) is 14.6. The molecule has 0 saturated carbocycles. The van der Waals surface area contributed by atoms with Crippen LogP contribution in [0.15, 0.2) is 42.5 Å². The number of benzene rings is 2. The van der Waals surface area contributed by atoms with Crippen LogP contribution in [0.4, 0.5) is 0 Å². The normalized spacial score (nSPS) is 12.3. The summed E-state index contributed by atoms with van der Waals surface area (Å²) in [6.45, 7) is 0.258. The number of nitrogens with two attached hydrogens (primary N) is 2. The molecule has 0 aliphatic heterocycles. The van der Waals surface area contributed by atoms with Gasteiger partial charge in [-0.2, -0.15) is 0 Å². The molecule has 0 bridgehead atoms. The molecule has 1 unspecified atom stereocenters. The number of halogens is 1. The third-order valence-electron chi connectivity index (χ3n) is 3.69. The molecule has 2 aromatic carbocycles. The van der Waals surface area contributed by atoms with E-state index in [1.807, 2.05) is 30.3 Å². The van der Waals surface area contributed by atoms with Crippen molar-refractivity contribution in [1.82, 2.24) is 9.97 Å². The Morgan fingerprint density at radius 1 is 1.17 bits per heavy atom. The van der Waals surface area contributed by atoms with Crippen LogP contribution >= 0.6 is 11.6 Å². The average molecular weight is 329 g/mol. The van der Waals surface area contributed by atoms with Crippen molar-refractivity contribution < 1.29 is 4.74 Å². The Kier molecular flexibility index (Phi) is 4.43. The average Bonchev–Trinajstić information content (AvgIpc) is 2.60. The quantitative estimate of drug-likeness (QED) is 0.769. The van der Waals surface area contributed by atoms with Crippen molar-refractivity contribution in [3.63, 3.8) is 0 Å². The van der Waals surface area contributed by atoms with Crippen LogP contribution in [-0.2, 0) is 6.54 Å². The van der Waals surface area contributed by atoms with Crippen molar-refractivity contribution in [3.05, 3.63) is 64.6 Å². The third kappa shape index (κ3) is 2.99. The lowest BCUT2D eigenvalue weighted by Crippen LogP contribution is -2.17. The van der Waals surface area contributed by atoms with Crippen molar-refractivity contribution in [2.75, 3.05) is 7.11 Å². The Labute approximate surface area is 139 Å². The van der Waals surface area contributed by atoms with Gasteiger partial charge in [-0.1, -0.05) is 35.9 Å². The first-order chi connectivity index (χ1) is 11.1. The molecule has 6 heteroatoms. The van der Waals surface area contributed by atoms with E-state index in [0.29, 0.717) is 16.6 Å². The Bertz CT molecular complexity index is 853. The standard InChI is InChI=1S/C17H17ClN4O/c1-23-14-7-6-10(8-12(14)18)16(20)17-11-4-2-3-5-13(11)21-15(9-19)22-17/h2-8,16H,9,19-20H2,1H3. The Morgan fingerprint density at radius 3 is 2.65 bits per heavy atom. The molecule has 0 saturated heterocycles. The maximum atomic E-state index is 6.44. The van der Waals surface area contributed by atoms with Crippen LogP contribution < -0.4 is 16.2 Å². The molecule has 3 aromatic rings. The fourth-order valence-corrected chi connectivity index (χ4v) is 2.78. The van der Waals surface area contributed by atoms with Crippen LogP contribution in [0.2, 0.25) is 5.02 Å². The van der Waals surface area contributed by atoms with E-state index in [0.717, 1.165) is 22.2 Å². The molecule has 3 rings (SSSR count). The van der Waals surface area contributed by atoms with E-state index in [-0.39, 0.29) is 6.54 Å². The maximum absolute atomic E-state index is 6.44. The summed E-state index contributed by atoms with van der Waals surface area (Å²) in [4.78, 5) is 8.97. The van der Waals surface area contributed by atoms with Gasteiger partial charge in [-0.3, -0.25) is 0 Å². The fraction of sp³-hybridized carbons (Fsp3) is 0.176. The topological polar surface area (TPSA) is 87.0 Å². The lowest BCUT2D eigenvalue weighted by molar-refractivity contribution is 0.415. The zero-order chi connectivity index (χ0) is 16.4. The molecule has 0 aliphatic rings. The van der Waals surface area contributed by atoms with Crippen LogP contribution in [0.3, 0.4) is 0 Å². The summed E-state index contributed by atoms with van der Waals surface area (Å²) in [7, 11) is 1.58. The Balaban J connectivity index is 2.13. The van der Waals surface area contributed by atoms with Gasteiger partial charge >= 0.3 is 0 Å². The third-order valence-corrected chi connectivity index (χ3v) is 3.99. The smallest absolute Gasteiger partial charge is 0.142 e. The van der Waals surface area contributed by atoms with Crippen molar-refractivity contribution >= 4 is 22.5 Å². The molecular formula is C17H17ClN4O. The van der Waals surface area contributed by atoms with E-state index in [9.17, 15) is 0 Å². The maximum Gasteiger partial charge on any atom is 0.142 e. The molecule has 0 fully saturated rings. The minimum Gasteiger partial charge on any atom is -0.495 e. The van der Waals surface area contributed by atoms with Gasteiger partial charge in [-0.25, -0.2) is 9.97 Å². The van der Waals surface area contributed by atoms with Gasteiger partial charge in [-0.05, 0) is 23.8 Å². The monoisotopic (exact) mass is 328 g/mol. The number of aromatic nitrogens is 2. The van der Waals surface area contributed by atoms with Crippen molar-refractivity contribution in [1.29, 1.82) is 0 Å². The van der Waals surface area contributed by atoms with Crippen molar-refractivity contribution in [2.24, 2.45) is 11.5 Å². The molecule has 1 aromatic heterocycles. The van der Waals surface area contributed by atoms with Gasteiger partial charge in [0.05, 0.1) is 35.9 Å². The number of para-hydroxylation sites is 1. The second-order valence-corrected chi connectivity index (χ2v) is 5.53. The lowest BCUT2D eigenvalue weighted by Gasteiger charge is -2.16. The summed E-state index contributed by atoms with van der Waals surface area (Å²) in [6.07, 6.45) is 0. The highest BCUT2D eigenvalue weighted by Crippen LogP contribution is 2.30. The summed E-state index contributed by atoms with van der Waals surface area (Å²) in [5.74, 6) is 1.17. The van der Waals surface area contributed by atoms with Crippen LogP contribution in [0.1, 0.15) is 23.1 Å². The van der Waals surface area contributed by atoms with Gasteiger partial charge in [0.1, 0.15) is 11.6 Å². The van der Waals surface area contributed by atoms with E-state index in [4.69, 9.17) is 27.8 Å². The number of hydrogen-bond donors (Lipinski definition) is 2. The number of methoxy groups -OCH3 is 1. The van der Waals surface area contributed by atoms with E-state index in [1.54, 1.807) is 19.2 Å². The second-order valence-electron chi connectivity index (χ2n) is 5.12. The highest BCUT2D eigenvalue weighted by Gasteiger charge is 2.17. The molecule has 1 heterocycles. The highest BCUT2D eigenvalue weighted by atomic mass is 35.5. The van der Waals surface area contributed by atoms with Gasteiger partial charge < -0.3 is 16.2 Å². The minimum absolute atomic E-state index is 0.258. The van der Waals surface area contributed by atoms with Crippen molar-refractivity contribution in [3.8, 4) is 5.75 Å². The Morgan fingerprint density at radius 2 is 1.96 bits per heavy atom. The zero-order valence-corrected chi connectivity index (χ0v) is 13.4. The van der Waals surface area contributed by atoms with Crippen molar-refractivity contribution in [2.45, 2.75) is 12.6 Å². The summed E-state index contributed by atoms with van der Waals surface area (Å²) >= 11 is 6.20. The molecule has 0 spiro atoms. The van der Waals surface area contributed by atoms with Crippen LogP contribution in [0.25, 0.3) is 10.9 Å². The van der Waals surface area contributed by atoms with Gasteiger partial charge in [0.25, 0.3) is 0 Å². The lowest BCUT2D eigenvalue weighted by atomic mass is 10.0. The van der Waals surface area contributed by atoms with Crippen LogP contribution in [0, 0.1) is 0 Å². The van der Waals surface area contributed by atoms with Crippen LogP contribution in [0.5, 0.6) is 5.75 Å². The Hall–Kier alpha value is -2.21. The molecule has 118 valence electrons. The molecule has 5 nitrogen and oxygen atoms in total. The first-order valence-electron chi connectivity index (χ1n) is 7.18. The minimum atomic E-state index is -0.434. The number of hydrogen-bond acceptors (Lipinski definition) is 5. The largest absolute Gasteiger partial charge is 0.495 e. The fourth-order valence-electron chi connectivity index (χ4n) is 2.51. The van der Waals surface area contributed by atoms with E-state index < -0.39 is 6.04 Å². The SMILES string of the molecule is COc1ccc(C(N)c2nc(CN)nc3ccccc23)cc1Cl. The van der Waals surface area contributed by atoms with E-state index in [2.05, 4.69) is 9.97 Å². The summed E-state index contributed by atoms with van der Waals surface area (Å²) in [5, 5.41) is 1.42.